The van der Waals surface area contributed by atoms with Gasteiger partial charge < -0.3 is 0 Å². The monoisotopic (exact) mass is 474 g/mol. The predicted molar refractivity (Wildman–Crippen MR) is 152 cm³/mol. The average molecular weight is 475 g/mol. The Morgan fingerprint density at radius 3 is 1.76 bits per heavy atom. The average Bonchev–Trinajstić information content (AvgIpc) is 3.59. The lowest BCUT2D eigenvalue weighted by Gasteiger charge is -2.08. The molecule has 3 aromatic heterocycles. The topological polar surface area (TPSA) is 27.2 Å². The number of benzene rings is 5. The van der Waals surface area contributed by atoms with E-state index in [0.29, 0.717) is 0 Å². The second-order valence-corrected chi connectivity index (χ2v) is 9.34. The Morgan fingerprint density at radius 1 is 0.432 bits per heavy atom. The van der Waals surface area contributed by atoms with E-state index in [1.165, 1.54) is 16.5 Å². The maximum atomic E-state index is 5.31. The van der Waals surface area contributed by atoms with Crippen molar-refractivity contribution < 1.29 is 0 Å². The van der Waals surface area contributed by atoms with Gasteiger partial charge in [-0.3, -0.25) is 13.5 Å². The lowest BCUT2D eigenvalue weighted by atomic mass is 10.1. The number of aromatic nitrogens is 4. The van der Waals surface area contributed by atoms with Gasteiger partial charge >= 0.3 is 0 Å². The summed E-state index contributed by atoms with van der Waals surface area (Å²) in [6, 6.07) is 46.9. The fraction of sp³-hybridized carbons (Fsp3) is 0. The van der Waals surface area contributed by atoms with E-state index in [4.69, 9.17) is 4.98 Å². The van der Waals surface area contributed by atoms with Crippen LogP contribution >= 0.6 is 0 Å². The van der Waals surface area contributed by atoms with Gasteiger partial charge in [-0.25, -0.2) is 0 Å². The molecule has 0 saturated heterocycles. The van der Waals surface area contributed by atoms with Crippen molar-refractivity contribution in [3.05, 3.63) is 133 Å². The molecule has 0 aliphatic carbocycles. The van der Waals surface area contributed by atoms with Gasteiger partial charge in [0.2, 0.25) is 5.78 Å². The van der Waals surface area contributed by atoms with Gasteiger partial charge in [0.25, 0.3) is 0 Å². The van der Waals surface area contributed by atoms with Gasteiger partial charge in [-0.1, -0.05) is 91.0 Å². The zero-order chi connectivity index (χ0) is 24.3. The van der Waals surface area contributed by atoms with Gasteiger partial charge in [0, 0.05) is 16.8 Å². The third-order valence-electron chi connectivity index (χ3n) is 7.26. The number of para-hydroxylation sites is 4. The molecule has 0 unspecified atom stereocenters. The van der Waals surface area contributed by atoms with Crippen LogP contribution in [0.1, 0.15) is 0 Å². The first-order valence-corrected chi connectivity index (χ1v) is 12.5. The Hall–Kier alpha value is -5.09. The van der Waals surface area contributed by atoms with E-state index in [1.807, 2.05) is 0 Å². The van der Waals surface area contributed by atoms with Gasteiger partial charge in [-0.05, 0) is 53.6 Å². The summed E-state index contributed by atoms with van der Waals surface area (Å²) in [4.78, 5) is 5.31. The van der Waals surface area contributed by atoms with Crippen molar-refractivity contribution in [1.29, 1.82) is 0 Å². The van der Waals surface area contributed by atoms with Crippen molar-refractivity contribution in [2.45, 2.75) is 0 Å². The molecule has 5 aromatic carbocycles. The molecule has 0 atom stereocenters. The van der Waals surface area contributed by atoms with Gasteiger partial charge in [-0.15, -0.1) is 0 Å². The Bertz CT molecular complexity index is 2060. The Kier molecular flexibility index (Phi) is 4.19. The first kappa shape index (κ1) is 20.1. The Labute approximate surface area is 213 Å². The number of rotatable bonds is 3. The summed E-state index contributed by atoms with van der Waals surface area (Å²) in [6.07, 6.45) is 0. The van der Waals surface area contributed by atoms with Gasteiger partial charge in [0.05, 0.1) is 16.6 Å². The minimum Gasteiger partial charge on any atom is -0.292 e. The highest BCUT2D eigenvalue weighted by molar-refractivity contribution is 6.09. The van der Waals surface area contributed by atoms with Gasteiger partial charge in [-0.2, -0.15) is 4.98 Å². The Morgan fingerprint density at radius 2 is 1.00 bits per heavy atom. The van der Waals surface area contributed by atoms with E-state index in [-0.39, 0.29) is 0 Å². The van der Waals surface area contributed by atoms with Crippen LogP contribution in [-0.4, -0.2) is 18.5 Å². The lowest BCUT2D eigenvalue weighted by Crippen LogP contribution is -1.97. The highest BCUT2D eigenvalue weighted by Gasteiger charge is 2.23. The molecule has 8 aromatic rings. The van der Waals surface area contributed by atoms with Crippen molar-refractivity contribution in [2.75, 3.05) is 0 Å². The van der Waals surface area contributed by atoms with Crippen molar-refractivity contribution in [2.24, 2.45) is 0 Å². The molecule has 0 spiro atoms. The minimum absolute atomic E-state index is 0.915. The van der Waals surface area contributed by atoms with Crippen LogP contribution in [-0.2, 0) is 0 Å². The van der Waals surface area contributed by atoms with Gasteiger partial charge in [0.1, 0.15) is 5.52 Å². The van der Waals surface area contributed by atoms with Crippen LogP contribution in [0, 0.1) is 0 Å². The molecule has 4 nitrogen and oxygen atoms in total. The molecule has 174 valence electrons. The van der Waals surface area contributed by atoms with Crippen LogP contribution in [0.15, 0.2) is 133 Å². The van der Waals surface area contributed by atoms with Crippen molar-refractivity contribution >= 4 is 38.9 Å². The van der Waals surface area contributed by atoms with E-state index >= 15 is 0 Å². The molecule has 4 heteroatoms. The molecular formula is C33H22N4. The highest BCUT2D eigenvalue weighted by Crippen LogP contribution is 2.36. The molecular weight excluding hydrogens is 452 g/mol. The van der Waals surface area contributed by atoms with Crippen LogP contribution in [0.2, 0.25) is 0 Å². The zero-order valence-electron chi connectivity index (χ0n) is 20.0. The second kappa shape index (κ2) is 7.70. The molecule has 0 radical (unpaired) electrons. The summed E-state index contributed by atoms with van der Waals surface area (Å²) in [5.41, 5.74) is 10.1. The van der Waals surface area contributed by atoms with Crippen molar-refractivity contribution in [3.8, 4) is 22.5 Å². The first-order chi connectivity index (χ1) is 18.4. The molecule has 8 rings (SSSR count). The quantitative estimate of drug-likeness (QED) is 0.255. The van der Waals surface area contributed by atoms with Crippen molar-refractivity contribution in [1.82, 2.24) is 18.5 Å². The van der Waals surface area contributed by atoms with E-state index in [2.05, 4.69) is 147 Å². The molecule has 0 amide bonds. The highest BCUT2D eigenvalue weighted by atomic mass is 15.2. The van der Waals surface area contributed by atoms with E-state index < -0.39 is 0 Å². The summed E-state index contributed by atoms with van der Waals surface area (Å²) in [5, 5.41) is 1.19. The third kappa shape index (κ3) is 2.87. The van der Waals surface area contributed by atoms with Crippen molar-refractivity contribution in [3.63, 3.8) is 0 Å². The molecule has 0 fully saturated rings. The second-order valence-electron chi connectivity index (χ2n) is 9.34. The van der Waals surface area contributed by atoms with E-state index in [9.17, 15) is 0 Å². The summed E-state index contributed by atoms with van der Waals surface area (Å²) in [6.45, 7) is 0. The number of hydrogen-bond donors (Lipinski definition) is 0. The predicted octanol–water partition coefficient (Wildman–Crippen LogP) is 8.04. The van der Waals surface area contributed by atoms with Crippen LogP contribution in [0.5, 0.6) is 0 Å². The fourth-order valence-corrected chi connectivity index (χ4v) is 5.63. The van der Waals surface area contributed by atoms with Gasteiger partial charge in [0.15, 0.2) is 5.65 Å². The summed E-state index contributed by atoms with van der Waals surface area (Å²) >= 11 is 0. The maximum Gasteiger partial charge on any atom is 0.222 e. The number of nitrogens with zero attached hydrogens (tertiary/aromatic N) is 4. The molecule has 0 bridgehead atoms. The smallest absolute Gasteiger partial charge is 0.222 e. The molecule has 0 aliphatic rings. The number of imidazole rings is 2. The minimum atomic E-state index is 0.915. The summed E-state index contributed by atoms with van der Waals surface area (Å²) < 4.78 is 6.86. The third-order valence-corrected chi connectivity index (χ3v) is 7.26. The molecule has 0 saturated carbocycles. The standard InChI is InChI=1S/C33H22N4/c1-3-11-23(12-4-1)24-19-21-26(22-20-24)35-28-16-8-7-15-27(28)31-32(35)34-33-36(25-13-5-2-6-14-25)29-17-9-10-18-30(29)37(31)33/h1-22H. The van der Waals surface area contributed by atoms with E-state index in [0.717, 1.165) is 44.9 Å². The molecule has 3 heterocycles. The van der Waals surface area contributed by atoms with Crippen LogP contribution < -0.4 is 0 Å². The van der Waals surface area contributed by atoms with Crippen LogP contribution in [0.25, 0.3) is 61.4 Å². The number of hydrogen-bond acceptors (Lipinski definition) is 1. The fourth-order valence-electron chi connectivity index (χ4n) is 5.63. The Balaban J connectivity index is 1.46. The summed E-state index contributed by atoms with van der Waals surface area (Å²) in [5.74, 6) is 0.915. The maximum absolute atomic E-state index is 5.31. The van der Waals surface area contributed by atoms with Crippen LogP contribution in [0.3, 0.4) is 0 Å². The molecule has 37 heavy (non-hydrogen) atoms. The first-order valence-electron chi connectivity index (χ1n) is 12.5. The van der Waals surface area contributed by atoms with Crippen LogP contribution in [0.4, 0.5) is 0 Å². The lowest BCUT2D eigenvalue weighted by molar-refractivity contribution is 1.09. The normalized spacial score (nSPS) is 11.8. The molecule has 0 N–H and O–H groups in total. The largest absolute Gasteiger partial charge is 0.292 e. The zero-order valence-corrected chi connectivity index (χ0v) is 20.0. The summed E-state index contributed by atoms with van der Waals surface area (Å²) in [7, 11) is 0. The SMILES string of the molecule is c1ccc(-c2ccc(-n3c4ccccc4c4c3nc3n(-c5ccccc5)c5ccccc5n43)cc2)cc1. The number of fused-ring (bicyclic) bond motifs is 7. The van der Waals surface area contributed by atoms with E-state index in [1.54, 1.807) is 0 Å². The molecule has 0 aliphatic heterocycles.